The summed E-state index contributed by atoms with van der Waals surface area (Å²) < 4.78 is 16.2. The van der Waals surface area contributed by atoms with Gasteiger partial charge in [-0.3, -0.25) is 4.99 Å². The third kappa shape index (κ3) is 13.0. The van der Waals surface area contributed by atoms with E-state index in [9.17, 15) is 0 Å². The van der Waals surface area contributed by atoms with E-state index in [0.717, 1.165) is 71.0 Å². The molecule has 0 bridgehead atoms. The fourth-order valence-corrected chi connectivity index (χ4v) is 3.04. The molecular formula is C20H42N4O3. The third-order valence-corrected chi connectivity index (χ3v) is 4.62. The number of aliphatic imine (C=N–C) groups is 1. The molecule has 1 saturated heterocycles. The van der Waals surface area contributed by atoms with Crippen LogP contribution in [0.15, 0.2) is 4.99 Å². The molecule has 27 heavy (non-hydrogen) atoms. The summed E-state index contributed by atoms with van der Waals surface area (Å²) in [6, 6.07) is 0.495. The molecule has 0 radical (unpaired) electrons. The Kier molecular flexibility index (Phi) is 15.4. The average Bonchev–Trinajstić information content (AvgIpc) is 2.68. The maximum atomic E-state index is 5.59. The van der Waals surface area contributed by atoms with Gasteiger partial charge in [0.25, 0.3) is 0 Å². The van der Waals surface area contributed by atoms with Crippen molar-refractivity contribution in [2.45, 2.75) is 52.0 Å². The highest BCUT2D eigenvalue weighted by atomic mass is 16.5. The molecule has 1 aliphatic heterocycles. The van der Waals surface area contributed by atoms with Crippen LogP contribution in [0.4, 0.5) is 0 Å². The van der Waals surface area contributed by atoms with Gasteiger partial charge in [0, 0.05) is 52.5 Å². The third-order valence-electron chi connectivity index (χ3n) is 4.62. The lowest BCUT2D eigenvalue weighted by atomic mass is 10.1. The standard InChI is InChI=1S/C20H42N4O3/c1-4-6-15-26-17-18-27-16-10-22-20(21-5-2)23-19-8-12-24(13-9-19)11-7-14-25-3/h19H,4-18H2,1-3H3,(H2,21,22,23). The Morgan fingerprint density at radius 1 is 1.00 bits per heavy atom. The lowest BCUT2D eigenvalue weighted by Gasteiger charge is -2.33. The van der Waals surface area contributed by atoms with E-state index >= 15 is 0 Å². The minimum Gasteiger partial charge on any atom is -0.385 e. The predicted octanol–water partition coefficient (Wildman–Crippen LogP) is 1.88. The van der Waals surface area contributed by atoms with Crippen molar-refractivity contribution in [1.82, 2.24) is 15.5 Å². The number of ether oxygens (including phenoxy) is 3. The molecule has 0 saturated carbocycles. The highest BCUT2D eigenvalue weighted by Gasteiger charge is 2.19. The normalized spacial score (nSPS) is 16.6. The number of methoxy groups -OCH3 is 1. The Bertz CT molecular complexity index is 361. The van der Waals surface area contributed by atoms with Crippen molar-refractivity contribution in [1.29, 1.82) is 0 Å². The molecule has 1 heterocycles. The molecule has 7 nitrogen and oxygen atoms in total. The molecule has 0 spiro atoms. The fraction of sp³-hybridized carbons (Fsp3) is 0.950. The summed E-state index contributed by atoms with van der Waals surface area (Å²) in [6.07, 6.45) is 5.71. The first-order valence-corrected chi connectivity index (χ1v) is 10.7. The van der Waals surface area contributed by atoms with Gasteiger partial charge < -0.3 is 29.7 Å². The smallest absolute Gasteiger partial charge is 0.191 e. The zero-order valence-electron chi connectivity index (χ0n) is 17.8. The highest BCUT2D eigenvalue weighted by molar-refractivity contribution is 5.80. The van der Waals surface area contributed by atoms with Crippen LogP contribution in [0.25, 0.3) is 0 Å². The van der Waals surface area contributed by atoms with Crippen LogP contribution in [0, 0.1) is 0 Å². The van der Waals surface area contributed by atoms with Crippen molar-refractivity contribution in [3.05, 3.63) is 0 Å². The molecule has 0 amide bonds. The second-order valence-corrected chi connectivity index (χ2v) is 6.95. The number of unbranched alkanes of at least 4 members (excludes halogenated alkanes) is 1. The van der Waals surface area contributed by atoms with Gasteiger partial charge in [-0.2, -0.15) is 0 Å². The van der Waals surface area contributed by atoms with E-state index in [-0.39, 0.29) is 0 Å². The van der Waals surface area contributed by atoms with Crippen LogP contribution in [-0.2, 0) is 14.2 Å². The zero-order chi connectivity index (χ0) is 19.6. The van der Waals surface area contributed by atoms with E-state index in [1.54, 1.807) is 7.11 Å². The monoisotopic (exact) mass is 386 g/mol. The molecular weight excluding hydrogens is 344 g/mol. The molecule has 1 rings (SSSR count). The second-order valence-electron chi connectivity index (χ2n) is 6.95. The molecule has 2 N–H and O–H groups in total. The minimum absolute atomic E-state index is 0.495. The maximum absolute atomic E-state index is 5.59. The fourth-order valence-electron chi connectivity index (χ4n) is 3.04. The Morgan fingerprint density at radius 2 is 1.74 bits per heavy atom. The molecule has 0 aromatic heterocycles. The van der Waals surface area contributed by atoms with Crippen LogP contribution < -0.4 is 10.6 Å². The summed E-state index contributed by atoms with van der Waals surface area (Å²) in [5.74, 6) is 0.901. The van der Waals surface area contributed by atoms with Crippen molar-refractivity contribution in [3.63, 3.8) is 0 Å². The molecule has 0 aromatic rings. The topological polar surface area (TPSA) is 67.4 Å². The number of piperidine rings is 1. The van der Waals surface area contributed by atoms with Gasteiger partial charge in [-0.25, -0.2) is 0 Å². The van der Waals surface area contributed by atoms with Crippen LogP contribution in [0.5, 0.6) is 0 Å². The first-order chi connectivity index (χ1) is 13.3. The van der Waals surface area contributed by atoms with Gasteiger partial charge in [0.1, 0.15) is 0 Å². The number of guanidine groups is 1. The number of nitrogens with one attached hydrogen (secondary N) is 2. The molecule has 0 aromatic carbocycles. The van der Waals surface area contributed by atoms with E-state index in [0.29, 0.717) is 32.4 Å². The van der Waals surface area contributed by atoms with Crippen LogP contribution in [-0.4, -0.2) is 89.8 Å². The van der Waals surface area contributed by atoms with Crippen molar-refractivity contribution < 1.29 is 14.2 Å². The van der Waals surface area contributed by atoms with E-state index in [2.05, 4.69) is 34.4 Å². The Balaban J connectivity index is 2.15. The van der Waals surface area contributed by atoms with Gasteiger partial charge in [-0.15, -0.1) is 0 Å². The van der Waals surface area contributed by atoms with E-state index in [1.807, 2.05) is 0 Å². The van der Waals surface area contributed by atoms with Crippen LogP contribution in [0.1, 0.15) is 46.0 Å². The van der Waals surface area contributed by atoms with Crippen molar-refractivity contribution in [2.75, 3.05) is 72.9 Å². The van der Waals surface area contributed by atoms with Gasteiger partial charge in [0.05, 0.1) is 26.4 Å². The number of likely N-dealkylation sites (tertiary alicyclic amines) is 1. The van der Waals surface area contributed by atoms with Crippen LogP contribution in [0.2, 0.25) is 0 Å². The Morgan fingerprint density at radius 3 is 2.41 bits per heavy atom. The largest absolute Gasteiger partial charge is 0.385 e. The maximum Gasteiger partial charge on any atom is 0.191 e. The number of nitrogens with zero attached hydrogens (tertiary/aromatic N) is 2. The number of hydrogen-bond donors (Lipinski definition) is 2. The van der Waals surface area contributed by atoms with Crippen molar-refractivity contribution in [3.8, 4) is 0 Å². The quantitative estimate of drug-likeness (QED) is 0.254. The van der Waals surface area contributed by atoms with Gasteiger partial charge in [-0.05, 0) is 32.6 Å². The molecule has 1 aliphatic rings. The molecule has 0 unspecified atom stereocenters. The summed E-state index contributed by atoms with van der Waals surface area (Å²) in [5, 5.41) is 6.91. The molecule has 0 aliphatic carbocycles. The molecule has 160 valence electrons. The minimum atomic E-state index is 0.495. The molecule has 1 fully saturated rings. The zero-order valence-corrected chi connectivity index (χ0v) is 17.8. The average molecular weight is 387 g/mol. The lowest BCUT2D eigenvalue weighted by Crippen LogP contribution is -2.49. The summed E-state index contributed by atoms with van der Waals surface area (Å²) in [7, 11) is 1.77. The first-order valence-electron chi connectivity index (χ1n) is 10.7. The van der Waals surface area contributed by atoms with Gasteiger partial charge in [0.2, 0.25) is 0 Å². The second kappa shape index (κ2) is 17.2. The van der Waals surface area contributed by atoms with E-state index in [4.69, 9.17) is 14.2 Å². The summed E-state index contributed by atoms with van der Waals surface area (Å²) in [4.78, 5) is 7.16. The molecule has 0 atom stereocenters. The Hall–Kier alpha value is -0.890. The SMILES string of the molecule is CCCCOCCOCCN=C(NCC)NC1CCN(CCCOC)CC1. The highest BCUT2D eigenvalue weighted by Crippen LogP contribution is 2.10. The van der Waals surface area contributed by atoms with Gasteiger partial charge in [0.15, 0.2) is 5.96 Å². The van der Waals surface area contributed by atoms with Gasteiger partial charge >= 0.3 is 0 Å². The Labute approximate surface area is 166 Å². The first kappa shape index (κ1) is 24.1. The van der Waals surface area contributed by atoms with Crippen molar-refractivity contribution >= 4 is 5.96 Å². The van der Waals surface area contributed by atoms with E-state index < -0.39 is 0 Å². The summed E-state index contributed by atoms with van der Waals surface area (Å²) in [5.41, 5.74) is 0. The van der Waals surface area contributed by atoms with Crippen LogP contribution in [0.3, 0.4) is 0 Å². The van der Waals surface area contributed by atoms with E-state index in [1.165, 1.54) is 6.42 Å². The number of rotatable bonds is 15. The summed E-state index contributed by atoms with van der Waals surface area (Å²) >= 11 is 0. The molecule has 7 heteroatoms. The van der Waals surface area contributed by atoms with Crippen molar-refractivity contribution in [2.24, 2.45) is 4.99 Å². The predicted molar refractivity (Wildman–Crippen MR) is 112 cm³/mol. The van der Waals surface area contributed by atoms with Gasteiger partial charge in [-0.1, -0.05) is 13.3 Å². The lowest BCUT2D eigenvalue weighted by molar-refractivity contribution is 0.0497. The summed E-state index contributed by atoms with van der Waals surface area (Å²) in [6.45, 7) is 12.8. The number of hydrogen-bond acceptors (Lipinski definition) is 5. The van der Waals surface area contributed by atoms with Crippen LogP contribution >= 0.6 is 0 Å².